The molecule has 0 fully saturated rings. The first-order valence-corrected chi connectivity index (χ1v) is 8.95. The normalized spacial score (nSPS) is 12.3. The Kier molecular flexibility index (Phi) is 5.17. The van der Waals surface area contributed by atoms with Gasteiger partial charge in [-0.05, 0) is 53.5 Å². The molecule has 0 N–H and O–H groups in total. The number of rotatable bonds is 3. The number of nitrogens with zero attached hydrogens (tertiary/aromatic N) is 1. The van der Waals surface area contributed by atoms with Gasteiger partial charge in [-0.3, -0.25) is 0 Å². The van der Waals surface area contributed by atoms with Crippen LogP contribution in [0.5, 0.6) is 0 Å². The molecular weight excluding hydrogens is 310 g/mol. The van der Waals surface area contributed by atoms with Gasteiger partial charge in [0.1, 0.15) is 0 Å². The largest absolute Gasteiger partial charge is 0.462 e. The number of carbonyl (C=O) groups excluding carboxylic acids is 1. The van der Waals surface area contributed by atoms with Gasteiger partial charge in [0, 0.05) is 18.1 Å². The summed E-state index contributed by atoms with van der Waals surface area (Å²) in [5, 5.41) is 0. The van der Waals surface area contributed by atoms with E-state index in [9.17, 15) is 4.79 Å². The maximum Gasteiger partial charge on any atom is 0.339 e. The zero-order chi connectivity index (χ0) is 19.0. The fraction of sp³-hybridized carbons (Fsp3) is 0.500. The fourth-order valence-electron chi connectivity index (χ4n) is 2.75. The van der Waals surface area contributed by atoms with Gasteiger partial charge in [0.25, 0.3) is 0 Å². The van der Waals surface area contributed by atoms with Crippen molar-refractivity contribution in [3.63, 3.8) is 0 Å². The summed E-state index contributed by atoms with van der Waals surface area (Å²) < 4.78 is 7.20. The molecule has 3 nitrogen and oxygen atoms in total. The number of aromatic nitrogens is 1. The van der Waals surface area contributed by atoms with Crippen LogP contribution in [0.2, 0.25) is 0 Å². The molecule has 0 atom stereocenters. The van der Waals surface area contributed by atoms with Crippen LogP contribution in [0.3, 0.4) is 0 Å². The molecular formula is C22H31NO2. The molecule has 0 amide bonds. The molecule has 0 aliphatic rings. The number of carbonyl (C=O) groups is 1. The highest BCUT2D eigenvalue weighted by molar-refractivity contribution is 5.91. The van der Waals surface area contributed by atoms with Gasteiger partial charge < -0.3 is 9.30 Å². The lowest BCUT2D eigenvalue weighted by atomic mass is 9.80. The highest BCUT2D eigenvalue weighted by Crippen LogP contribution is 2.32. The lowest BCUT2D eigenvalue weighted by Crippen LogP contribution is -2.17. The molecule has 0 aliphatic carbocycles. The standard InChI is InChI=1S/C22H31NO2/c1-9-25-20(24)19-14-23(13-15(19)2)18-11-16(21(3,4)5)10-17(12-18)22(6,7)8/h10-14H,9H2,1-8H3. The van der Waals surface area contributed by atoms with Crippen LogP contribution in [0, 0.1) is 6.92 Å². The summed E-state index contributed by atoms with van der Waals surface area (Å²) in [6.45, 7) is 17.5. The lowest BCUT2D eigenvalue weighted by Gasteiger charge is -2.26. The Morgan fingerprint density at radius 1 is 0.960 bits per heavy atom. The lowest BCUT2D eigenvalue weighted by molar-refractivity contribution is 0.0525. The summed E-state index contributed by atoms with van der Waals surface area (Å²) in [7, 11) is 0. The second kappa shape index (κ2) is 6.70. The third kappa shape index (κ3) is 4.33. The molecule has 0 aliphatic heterocycles. The van der Waals surface area contributed by atoms with Gasteiger partial charge in [-0.2, -0.15) is 0 Å². The molecule has 1 aromatic carbocycles. The van der Waals surface area contributed by atoms with E-state index in [1.54, 1.807) is 0 Å². The number of benzene rings is 1. The number of hydrogen-bond acceptors (Lipinski definition) is 2. The van der Waals surface area contributed by atoms with Crippen molar-refractivity contribution in [1.29, 1.82) is 0 Å². The molecule has 0 bridgehead atoms. The molecule has 0 unspecified atom stereocenters. The molecule has 25 heavy (non-hydrogen) atoms. The Hall–Kier alpha value is -2.03. The van der Waals surface area contributed by atoms with E-state index in [1.165, 1.54) is 11.1 Å². The topological polar surface area (TPSA) is 31.2 Å². The highest BCUT2D eigenvalue weighted by atomic mass is 16.5. The molecule has 136 valence electrons. The van der Waals surface area contributed by atoms with E-state index in [-0.39, 0.29) is 16.8 Å². The summed E-state index contributed by atoms with van der Waals surface area (Å²) in [6, 6.07) is 6.72. The Labute approximate surface area is 152 Å². The first-order valence-electron chi connectivity index (χ1n) is 8.95. The third-order valence-electron chi connectivity index (χ3n) is 4.47. The first kappa shape index (κ1) is 19.3. The van der Waals surface area contributed by atoms with Crippen molar-refractivity contribution >= 4 is 5.97 Å². The van der Waals surface area contributed by atoms with Gasteiger partial charge in [-0.15, -0.1) is 0 Å². The van der Waals surface area contributed by atoms with E-state index in [4.69, 9.17) is 4.74 Å². The van der Waals surface area contributed by atoms with E-state index in [1.807, 2.05) is 30.8 Å². The van der Waals surface area contributed by atoms with Crippen LogP contribution in [0.15, 0.2) is 30.6 Å². The van der Waals surface area contributed by atoms with Crippen molar-refractivity contribution in [2.75, 3.05) is 6.61 Å². The van der Waals surface area contributed by atoms with Crippen molar-refractivity contribution in [3.8, 4) is 5.69 Å². The van der Waals surface area contributed by atoms with E-state index in [0.717, 1.165) is 11.3 Å². The second-order valence-electron chi connectivity index (χ2n) is 8.75. The molecule has 0 saturated heterocycles. The van der Waals surface area contributed by atoms with Crippen molar-refractivity contribution in [2.24, 2.45) is 0 Å². The minimum atomic E-state index is -0.262. The van der Waals surface area contributed by atoms with Crippen LogP contribution in [0.25, 0.3) is 5.69 Å². The predicted octanol–water partition coefficient (Wildman–Crippen LogP) is 5.56. The first-order chi connectivity index (χ1) is 11.4. The van der Waals surface area contributed by atoms with Crippen LogP contribution in [0.1, 0.15) is 75.5 Å². The molecule has 1 heterocycles. The van der Waals surface area contributed by atoms with E-state index >= 15 is 0 Å². The Morgan fingerprint density at radius 3 is 1.92 bits per heavy atom. The van der Waals surface area contributed by atoms with Crippen LogP contribution in [-0.2, 0) is 15.6 Å². The zero-order valence-corrected chi connectivity index (χ0v) is 16.9. The molecule has 0 saturated carbocycles. The van der Waals surface area contributed by atoms with E-state index in [0.29, 0.717) is 12.2 Å². The third-order valence-corrected chi connectivity index (χ3v) is 4.47. The Morgan fingerprint density at radius 2 is 1.48 bits per heavy atom. The maximum absolute atomic E-state index is 12.1. The molecule has 0 spiro atoms. The SMILES string of the molecule is CCOC(=O)c1cn(-c2cc(C(C)(C)C)cc(C(C)(C)C)c2)cc1C. The Balaban J connectivity index is 2.59. The molecule has 2 aromatic rings. The minimum absolute atomic E-state index is 0.0577. The summed E-state index contributed by atoms with van der Waals surface area (Å²) >= 11 is 0. The van der Waals surface area contributed by atoms with Crippen LogP contribution in [-0.4, -0.2) is 17.1 Å². The maximum atomic E-state index is 12.1. The average Bonchev–Trinajstić information content (AvgIpc) is 2.87. The summed E-state index contributed by atoms with van der Waals surface area (Å²) in [5.41, 5.74) is 5.33. The highest BCUT2D eigenvalue weighted by Gasteiger charge is 2.21. The summed E-state index contributed by atoms with van der Waals surface area (Å²) in [5.74, 6) is -0.262. The minimum Gasteiger partial charge on any atom is -0.462 e. The number of ether oxygens (including phenoxy) is 1. The number of hydrogen-bond donors (Lipinski definition) is 0. The molecule has 0 radical (unpaired) electrons. The molecule has 1 aromatic heterocycles. The zero-order valence-electron chi connectivity index (χ0n) is 16.9. The molecule has 2 rings (SSSR count). The van der Waals surface area contributed by atoms with Crippen molar-refractivity contribution in [2.45, 2.75) is 66.2 Å². The van der Waals surface area contributed by atoms with Gasteiger partial charge in [0.05, 0.1) is 12.2 Å². The number of aryl methyl sites for hydroxylation is 1. The van der Waals surface area contributed by atoms with Crippen LogP contribution < -0.4 is 0 Å². The van der Waals surface area contributed by atoms with Crippen LogP contribution >= 0.6 is 0 Å². The van der Waals surface area contributed by atoms with E-state index in [2.05, 4.69) is 59.7 Å². The average molecular weight is 341 g/mol. The van der Waals surface area contributed by atoms with Gasteiger partial charge in [0.2, 0.25) is 0 Å². The fourth-order valence-corrected chi connectivity index (χ4v) is 2.75. The van der Waals surface area contributed by atoms with E-state index < -0.39 is 0 Å². The van der Waals surface area contributed by atoms with Crippen molar-refractivity contribution < 1.29 is 9.53 Å². The predicted molar refractivity (Wildman–Crippen MR) is 104 cm³/mol. The van der Waals surface area contributed by atoms with Crippen molar-refractivity contribution in [1.82, 2.24) is 4.57 Å². The quantitative estimate of drug-likeness (QED) is 0.685. The van der Waals surface area contributed by atoms with Gasteiger partial charge in [-0.1, -0.05) is 47.6 Å². The summed E-state index contributed by atoms with van der Waals surface area (Å²) in [6.07, 6.45) is 3.88. The van der Waals surface area contributed by atoms with Gasteiger partial charge >= 0.3 is 5.97 Å². The monoisotopic (exact) mass is 341 g/mol. The number of esters is 1. The second-order valence-corrected chi connectivity index (χ2v) is 8.75. The van der Waals surface area contributed by atoms with Gasteiger partial charge in [-0.25, -0.2) is 4.79 Å². The Bertz CT molecular complexity index is 738. The van der Waals surface area contributed by atoms with Crippen molar-refractivity contribution in [3.05, 3.63) is 52.8 Å². The summed E-state index contributed by atoms with van der Waals surface area (Å²) in [4.78, 5) is 12.1. The van der Waals surface area contributed by atoms with Gasteiger partial charge in [0.15, 0.2) is 0 Å². The molecule has 3 heteroatoms. The smallest absolute Gasteiger partial charge is 0.339 e. The van der Waals surface area contributed by atoms with Crippen LogP contribution in [0.4, 0.5) is 0 Å².